The van der Waals surface area contributed by atoms with E-state index in [0.29, 0.717) is 5.03 Å². The Kier molecular flexibility index (Phi) is 5.10. The van der Waals surface area contributed by atoms with E-state index in [1.807, 2.05) is 66.5 Å². The highest BCUT2D eigenvalue weighted by Crippen LogP contribution is 2.46. The van der Waals surface area contributed by atoms with E-state index in [1.165, 1.54) is 11.8 Å². The molecule has 4 rings (SSSR count). The SMILES string of the molecule is CN1/C(=C(\C#N)C(=O)COC(=O)Cc2c[nH]c3ccccc23)Sc2ccccc21. The summed E-state index contributed by atoms with van der Waals surface area (Å²) in [7, 11) is 1.81. The summed E-state index contributed by atoms with van der Waals surface area (Å²) in [5, 5.41) is 11.0. The summed E-state index contributed by atoms with van der Waals surface area (Å²) in [5.74, 6) is -1.02. The lowest BCUT2D eigenvalue weighted by molar-refractivity contribution is -0.146. The van der Waals surface area contributed by atoms with Crippen LogP contribution in [-0.2, 0) is 20.7 Å². The molecule has 0 bridgehead atoms. The summed E-state index contributed by atoms with van der Waals surface area (Å²) in [4.78, 5) is 30.7. The molecule has 0 unspecified atom stereocenters. The smallest absolute Gasteiger partial charge is 0.310 e. The third-order valence-corrected chi connectivity index (χ3v) is 5.95. The Morgan fingerprint density at radius 1 is 1.17 bits per heavy atom. The van der Waals surface area contributed by atoms with Crippen molar-refractivity contribution in [3.8, 4) is 6.07 Å². The van der Waals surface area contributed by atoms with Gasteiger partial charge >= 0.3 is 5.97 Å². The number of fused-ring (bicyclic) bond motifs is 2. The second-order valence-corrected chi connectivity index (χ2v) is 7.57. The first-order valence-corrected chi connectivity index (χ1v) is 9.79. The van der Waals surface area contributed by atoms with Crippen LogP contribution in [0.5, 0.6) is 0 Å². The standard InChI is InChI=1S/C22H17N3O3S/c1-25-18-8-4-5-9-20(18)29-22(25)16(11-23)19(26)13-28-21(27)10-14-12-24-17-7-3-2-6-15(14)17/h2-9,12,24H,10,13H2,1H3/b22-16-. The van der Waals surface area contributed by atoms with Crippen molar-refractivity contribution in [2.75, 3.05) is 18.6 Å². The topological polar surface area (TPSA) is 86.2 Å². The molecule has 2 heterocycles. The molecule has 1 aliphatic rings. The van der Waals surface area contributed by atoms with Gasteiger partial charge in [-0.1, -0.05) is 42.1 Å². The monoisotopic (exact) mass is 403 g/mol. The fourth-order valence-corrected chi connectivity index (χ4v) is 4.41. The van der Waals surface area contributed by atoms with E-state index in [9.17, 15) is 14.9 Å². The summed E-state index contributed by atoms with van der Waals surface area (Å²) < 4.78 is 5.17. The molecule has 7 heteroatoms. The lowest BCUT2D eigenvalue weighted by Gasteiger charge is -2.14. The van der Waals surface area contributed by atoms with Gasteiger partial charge in [-0.25, -0.2) is 0 Å². The number of ether oxygens (including phenoxy) is 1. The van der Waals surface area contributed by atoms with Crippen LogP contribution in [0.3, 0.4) is 0 Å². The predicted molar refractivity (Wildman–Crippen MR) is 111 cm³/mol. The molecule has 144 valence electrons. The summed E-state index contributed by atoms with van der Waals surface area (Å²) in [6.07, 6.45) is 1.81. The summed E-state index contributed by atoms with van der Waals surface area (Å²) in [5.41, 5.74) is 2.67. The van der Waals surface area contributed by atoms with E-state index in [-0.39, 0.29) is 12.0 Å². The maximum atomic E-state index is 12.6. The number of esters is 1. The van der Waals surface area contributed by atoms with Crippen LogP contribution < -0.4 is 4.90 Å². The first-order chi connectivity index (χ1) is 14.1. The van der Waals surface area contributed by atoms with Crippen LogP contribution in [0.25, 0.3) is 10.9 Å². The van der Waals surface area contributed by atoms with Gasteiger partial charge in [0, 0.05) is 29.0 Å². The van der Waals surface area contributed by atoms with Gasteiger partial charge in [0.25, 0.3) is 0 Å². The normalized spacial score (nSPS) is 14.4. The number of H-pyrrole nitrogens is 1. The maximum absolute atomic E-state index is 12.6. The Morgan fingerprint density at radius 3 is 2.72 bits per heavy atom. The van der Waals surface area contributed by atoms with Gasteiger partial charge in [-0.2, -0.15) is 5.26 Å². The molecule has 29 heavy (non-hydrogen) atoms. The van der Waals surface area contributed by atoms with Gasteiger partial charge < -0.3 is 14.6 Å². The molecule has 0 fully saturated rings. The van der Waals surface area contributed by atoms with Crippen molar-refractivity contribution in [3.63, 3.8) is 0 Å². The number of aromatic nitrogens is 1. The Labute approximate surface area is 171 Å². The molecule has 1 N–H and O–H groups in total. The number of anilines is 1. The van der Waals surface area contributed by atoms with Crippen LogP contribution in [-0.4, -0.2) is 30.4 Å². The summed E-state index contributed by atoms with van der Waals surface area (Å²) in [6, 6.07) is 17.3. The fraction of sp³-hybridized carbons (Fsp3) is 0.136. The number of thioether (sulfide) groups is 1. The lowest BCUT2D eigenvalue weighted by Crippen LogP contribution is -2.20. The van der Waals surface area contributed by atoms with Crippen molar-refractivity contribution >= 4 is 40.1 Å². The van der Waals surface area contributed by atoms with E-state index in [1.54, 1.807) is 6.20 Å². The number of nitriles is 1. The predicted octanol–water partition coefficient (Wildman–Crippen LogP) is 3.80. The number of nitrogens with zero attached hydrogens (tertiary/aromatic N) is 2. The molecule has 6 nitrogen and oxygen atoms in total. The van der Waals surface area contributed by atoms with Crippen LogP contribution >= 0.6 is 11.8 Å². The van der Waals surface area contributed by atoms with Crippen LogP contribution in [0.1, 0.15) is 5.56 Å². The molecule has 0 aliphatic carbocycles. The minimum absolute atomic E-state index is 0.00593. The van der Waals surface area contributed by atoms with Gasteiger partial charge in [0.2, 0.25) is 5.78 Å². The van der Waals surface area contributed by atoms with E-state index >= 15 is 0 Å². The number of rotatable bonds is 5. The number of hydrogen-bond donors (Lipinski definition) is 1. The number of Topliss-reactive ketones (excluding diaryl/α,β-unsaturated/α-hetero) is 1. The first-order valence-electron chi connectivity index (χ1n) is 8.97. The number of carbonyl (C=O) groups is 2. The number of para-hydroxylation sites is 2. The van der Waals surface area contributed by atoms with Crippen molar-refractivity contribution in [1.29, 1.82) is 5.26 Å². The molecule has 0 saturated carbocycles. The molecular weight excluding hydrogens is 386 g/mol. The van der Waals surface area contributed by atoms with Crippen molar-refractivity contribution in [3.05, 3.63) is 70.9 Å². The number of ketones is 1. The summed E-state index contributed by atoms with van der Waals surface area (Å²) in [6.45, 7) is -0.460. The minimum Gasteiger partial charge on any atom is -0.457 e. The van der Waals surface area contributed by atoms with Crippen molar-refractivity contribution in [2.24, 2.45) is 0 Å². The van der Waals surface area contributed by atoms with Gasteiger partial charge in [-0.15, -0.1) is 0 Å². The Morgan fingerprint density at radius 2 is 1.93 bits per heavy atom. The average Bonchev–Trinajstić information content (AvgIpc) is 3.29. The van der Waals surface area contributed by atoms with Gasteiger partial charge in [-0.3, -0.25) is 9.59 Å². The highest BCUT2D eigenvalue weighted by atomic mass is 32.2. The molecule has 2 aromatic carbocycles. The molecule has 0 atom stereocenters. The lowest BCUT2D eigenvalue weighted by atomic mass is 10.1. The number of nitrogens with one attached hydrogen (secondary N) is 1. The van der Waals surface area contributed by atoms with Crippen molar-refractivity contribution in [1.82, 2.24) is 4.98 Å². The number of benzene rings is 2. The zero-order valence-corrected chi connectivity index (χ0v) is 16.5. The quantitative estimate of drug-likeness (QED) is 0.396. The van der Waals surface area contributed by atoms with E-state index in [4.69, 9.17) is 4.74 Å². The second kappa shape index (κ2) is 7.86. The molecule has 1 aliphatic heterocycles. The number of aromatic amines is 1. The molecular formula is C22H17N3O3S. The van der Waals surface area contributed by atoms with Crippen LogP contribution in [0.15, 0.2) is 70.2 Å². The van der Waals surface area contributed by atoms with E-state index < -0.39 is 18.4 Å². The minimum atomic E-state index is -0.513. The van der Waals surface area contributed by atoms with Gasteiger partial charge in [0.1, 0.15) is 16.7 Å². The molecule has 1 aromatic heterocycles. The first kappa shape index (κ1) is 18.8. The maximum Gasteiger partial charge on any atom is 0.310 e. The highest BCUT2D eigenvalue weighted by Gasteiger charge is 2.28. The summed E-state index contributed by atoms with van der Waals surface area (Å²) >= 11 is 1.36. The highest BCUT2D eigenvalue weighted by molar-refractivity contribution is 8.03. The number of carbonyl (C=O) groups excluding carboxylic acids is 2. The van der Waals surface area contributed by atoms with E-state index in [2.05, 4.69) is 4.98 Å². The third kappa shape index (κ3) is 3.62. The third-order valence-electron chi connectivity index (χ3n) is 4.72. The number of hydrogen-bond acceptors (Lipinski definition) is 6. The molecule has 0 spiro atoms. The Bertz CT molecular complexity index is 1190. The fourth-order valence-electron chi connectivity index (χ4n) is 3.25. The zero-order chi connectivity index (χ0) is 20.4. The van der Waals surface area contributed by atoms with Crippen molar-refractivity contribution in [2.45, 2.75) is 11.3 Å². The zero-order valence-electron chi connectivity index (χ0n) is 15.6. The molecule has 0 saturated heterocycles. The van der Waals surface area contributed by atoms with Crippen LogP contribution in [0.4, 0.5) is 5.69 Å². The molecule has 0 amide bonds. The Balaban J connectivity index is 1.44. The largest absolute Gasteiger partial charge is 0.457 e. The van der Waals surface area contributed by atoms with Crippen molar-refractivity contribution < 1.29 is 14.3 Å². The molecule has 0 radical (unpaired) electrons. The average molecular weight is 403 g/mol. The van der Waals surface area contributed by atoms with E-state index in [0.717, 1.165) is 27.0 Å². The van der Waals surface area contributed by atoms with Crippen LogP contribution in [0.2, 0.25) is 0 Å². The second-order valence-electron chi connectivity index (χ2n) is 6.54. The van der Waals surface area contributed by atoms with Gasteiger partial charge in [0.15, 0.2) is 6.61 Å². The Hall–Kier alpha value is -3.50. The van der Waals surface area contributed by atoms with Crippen LogP contribution in [0, 0.1) is 11.3 Å². The van der Waals surface area contributed by atoms with Gasteiger partial charge in [-0.05, 0) is 23.8 Å². The molecule has 3 aromatic rings. The van der Waals surface area contributed by atoms with Gasteiger partial charge in [0.05, 0.1) is 12.1 Å².